The third kappa shape index (κ3) is 7.83. The fourth-order valence-corrected chi connectivity index (χ4v) is 5.59. The zero-order valence-electron chi connectivity index (χ0n) is 23.9. The van der Waals surface area contributed by atoms with Crippen LogP contribution in [0.1, 0.15) is 28.8 Å². The minimum atomic E-state index is -0.679. The van der Waals surface area contributed by atoms with Crippen LogP contribution in [0.25, 0.3) is 10.2 Å². The Labute approximate surface area is 256 Å². The zero-order chi connectivity index (χ0) is 30.9. The lowest BCUT2D eigenvalue weighted by atomic mass is 10.0. The number of rotatable bonds is 16. The normalized spacial score (nSPS) is 16.2. The molecule has 1 aromatic carbocycles. The van der Waals surface area contributed by atoms with Gasteiger partial charge < -0.3 is 40.8 Å². The maximum Gasteiger partial charge on any atom is 0.255 e. The molecule has 2 aliphatic heterocycles. The van der Waals surface area contributed by atoms with Gasteiger partial charge in [-0.25, -0.2) is 4.98 Å². The maximum absolute atomic E-state index is 13.0. The molecule has 15 nitrogen and oxygen atoms in total. The van der Waals surface area contributed by atoms with Crippen LogP contribution in [0.5, 0.6) is 0 Å². The van der Waals surface area contributed by atoms with E-state index in [-0.39, 0.29) is 49.9 Å². The van der Waals surface area contributed by atoms with Crippen molar-refractivity contribution in [1.29, 1.82) is 0 Å². The number of hydrogen-bond donors (Lipinski definition) is 5. The van der Waals surface area contributed by atoms with E-state index in [0.29, 0.717) is 63.1 Å². The van der Waals surface area contributed by atoms with E-state index in [0.717, 1.165) is 15.8 Å². The molecule has 0 saturated carbocycles. The Balaban J connectivity index is 1.13. The van der Waals surface area contributed by atoms with E-state index in [1.165, 1.54) is 16.2 Å². The number of nitrogens with one attached hydrogen (secondary N) is 4. The predicted molar refractivity (Wildman–Crippen MR) is 161 cm³/mol. The van der Waals surface area contributed by atoms with E-state index < -0.39 is 11.9 Å². The van der Waals surface area contributed by atoms with Crippen LogP contribution < -0.4 is 27.0 Å². The van der Waals surface area contributed by atoms with Gasteiger partial charge in [-0.2, -0.15) is 4.98 Å². The van der Waals surface area contributed by atoms with Gasteiger partial charge in [-0.15, -0.1) is 11.3 Å². The molecule has 0 aliphatic carbocycles. The average Bonchev–Trinajstić information content (AvgIpc) is 3.61. The molecule has 1 unspecified atom stereocenters. The highest BCUT2D eigenvalue weighted by Crippen LogP contribution is 2.32. The molecular weight excluding hydrogens is 592 g/mol. The number of fused-ring (bicyclic) bond motifs is 2. The monoisotopic (exact) mass is 626 g/mol. The zero-order valence-corrected chi connectivity index (χ0v) is 24.7. The van der Waals surface area contributed by atoms with Crippen LogP contribution in [0.3, 0.4) is 0 Å². The molecule has 1 saturated heterocycles. The van der Waals surface area contributed by atoms with Crippen LogP contribution in [0.15, 0.2) is 29.6 Å². The summed E-state index contributed by atoms with van der Waals surface area (Å²) in [7, 11) is 0. The standard InChI is InChI=1S/C28H34N8O7S/c29-16-43-11-10-42-9-8-41-7-6-30-23(38)14-31-28-34-24(20-5-12-44-26(20)35-28)32-18-1-2-19-17(13-18)15-36(27(19)40)21-3-4-22(37)33-25(21)39/h1-2,5,12-13,21H,3-4,6-11,14-16,29H2,(H,30,38)(H,33,37,39)(H2,31,32,34,35). The second-order valence-electron chi connectivity index (χ2n) is 9.94. The van der Waals surface area contributed by atoms with Crippen LogP contribution in [0.2, 0.25) is 0 Å². The first-order valence-corrected chi connectivity index (χ1v) is 15.0. The summed E-state index contributed by atoms with van der Waals surface area (Å²) in [5.74, 6) is -0.430. The maximum atomic E-state index is 13.0. The topological polar surface area (TPSA) is 199 Å². The highest BCUT2D eigenvalue weighted by atomic mass is 32.1. The van der Waals surface area contributed by atoms with Crippen molar-refractivity contribution in [2.75, 3.05) is 63.5 Å². The van der Waals surface area contributed by atoms with Gasteiger partial charge in [-0.3, -0.25) is 24.5 Å². The Hall–Kier alpha value is -4.22. The number of anilines is 3. The number of amides is 4. The number of carbonyl (C=O) groups excluding carboxylic acids is 4. The Morgan fingerprint density at radius 2 is 1.86 bits per heavy atom. The van der Waals surface area contributed by atoms with E-state index >= 15 is 0 Å². The van der Waals surface area contributed by atoms with Crippen molar-refractivity contribution in [3.8, 4) is 0 Å². The van der Waals surface area contributed by atoms with Gasteiger partial charge in [0.1, 0.15) is 16.7 Å². The minimum absolute atomic E-state index is 0.0301. The second kappa shape index (κ2) is 15.0. The number of hydrogen-bond acceptors (Lipinski definition) is 13. The number of nitrogens with two attached hydrogens (primary N) is 1. The fraction of sp³-hybridized carbons (Fsp3) is 0.429. The Morgan fingerprint density at radius 1 is 1.07 bits per heavy atom. The lowest BCUT2D eigenvalue weighted by Crippen LogP contribution is -2.52. The molecule has 0 bridgehead atoms. The van der Waals surface area contributed by atoms with Crippen molar-refractivity contribution in [2.24, 2.45) is 5.73 Å². The Kier molecular flexibility index (Phi) is 10.6. The third-order valence-electron chi connectivity index (χ3n) is 6.95. The first-order valence-electron chi connectivity index (χ1n) is 14.2. The Bertz CT molecular complexity index is 1520. The van der Waals surface area contributed by atoms with Crippen LogP contribution in [0, 0.1) is 0 Å². The highest BCUT2D eigenvalue weighted by Gasteiger charge is 2.39. The van der Waals surface area contributed by atoms with Crippen LogP contribution in [0.4, 0.5) is 17.5 Å². The van der Waals surface area contributed by atoms with Crippen molar-refractivity contribution in [3.63, 3.8) is 0 Å². The molecule has 6 N–H and O–H groups in total. The first kappa shape index (κ1) is 31.2. The summed E-state index contributed by atoms with van der Waals surface area (Å²) in [5, 5.41) is 14.1. The molecule has 0 radical (unpaired) electrons. The summed E-state index contributed by atoms with van der Waals surface area (Å²) in [6, 6.07) is 6.57. The summed E-state index contributed by atoms with van der Waals surface area (Å²) in [4.78, 5) is 60.6. The quantitative estimate of drug-likeness (QED) is 0.0848. The molecule has 4 heterocycles. The van der Waals surface area contributed by atoms with Gasteiger partial charge in [0.25, 0.3) is 5.91 Å². The van der Waals surface area contributed by atoms with E-state index in [9.17, 15) is 19.2 Å². The molecule has 16 heteroatoms. The summed E-state index contributed by atoms with van der Waals surface area (Å²) in [5.41, 5.74) is 7.21. The smallest absolute Gasteiger partial charge is 0.255 e. The fourth-order valence-electron chi connectivity index (χ4n) is 4.83. The van der Waals surface area contributed by atoms with E-state index in [1.807, 2.05) is 17.5 Å². The number of thiophene rings is 1. The predicted octanol–water partition coefficient (Wildman–Crippen LogP) is 0.690. The van der Waals surface area contributed by atoms with Gasteiger partial charge in [0, 0.05) is 30.8 Å². The van der Waals surface area contributed by atoms with Gasteiger partial charge in [-0.1, -0.05) is 0 Å². The summed E-state index contributed by atoms with van der Waals surface area (Å²) >= 11 is 1.44. The number of imide groups is 1. The molecular formula is C28H34N8O7S. The lowest BCUT2D eigenvalue weighted by Gasteiger charge is -2.29. The molecule has 2 aromatic heterocycles. The number of aromatic nitrogens is 2. The molecule has 234 valence electrons. The molecule has 44 heavy (non-hydrogen) atoms. The molecule has 0 spiro atoms. The average molecular weight is 627 g/mol. The number of carbonyl (C=O) groups is 4. The van der Waals surface area contributed by atoms with Crippen molar-refractivity contribution >= 4 is 62.6 Å². The third-order valence-corrected chi connectivity index (χ3v) is 7.76. The second-order valence-corrected chi connectivity index (χ2v) is 10.8. The van der Waals surface area contributed by atoms with Gasteiger partial charge in [0.2, 0.25) is 23.7 Å². The summed E-state index contributed by atoms with van der Waals surface area (Å²) in [6.45, 7) is 2.79. The molecule has 2 aliphatic rings. The van der Waals surface area contributed by atoms with Gasteiger partial charge >= 0.3 is 0 Å². The van der Waals surface area contributed by atoms with Crippen molar-refractivity contribution in [1.82, 2.24) is 25.5 Å². The van der Waals surface area contributed by atoms with Gasteiger partial charge in [0.15, 0.2) is 0 Å². The molecule has 4 amide bonds. The van der Waals surface area contributed by atoms with Crippen molar-refractivity contribution in [3.05, 3.63) is 40.8 Å². The first-order chi connectivity index (χ1) is 21.4. The SMILES string of the molecule is NCOCCOCCOCCNC(=O)CNc1nc(Nc2ccc3c(c2)CN(C2CCC(=O)NC2=O)C3=O)c2ccsc2n1. The largest absolute Gasteiger partial charge is 0.377 e. The number of benzene rings is 1. The van der Waals surface area contributed by atoms with Gasteiger partial charge in [0.05, 0.1) is 51.7 Å². The molecule has 1 atom stereocenters. The van der Waals surface area contributed by atoms with Crippen LogP contribution in [-0.2, 0) is 35.1 Å². The minimum Gasteiger partial charge on any atom is -0.377 e. The number of piperidine rings is 1. The van der Waals surface area contributed by atoms with Crippen LogP contribution in [-0.4, -0.2) is 97.4 Å². The summed E-state index contributed by atoms with van der Waals surface area (Å²) in [6.07, 6.45) is 0.500. The Morgan fingerprint density at radius 3 is 2.66 bits per heavy atom. The van der Waals surface area contributed by atoms with E-state index in [1.54, 1.807) is 12.1 Å². The van der Waals surface area contributed by atoms with Gasteiger partial charge in [-0.05, 0) is 41.6 Å². The molecule has 5 rings (SSSR count). The highest BCUT2D eigenvalue weighted by molar-refractivity contribution is 7.16. The molecule has 1 fully saturated rings. The summed E-state index contributed by atoms with van der Waals surface area (Å²) < 4.78 is 15.7. The molecule has 3 aromatic rings. The van der Waals surface area contributed by atoms with Crippen molar-refractivity contribution in [2.45, 2.75) is 25.4 Å². The van der Waals surface area contributed by atoms with E-state index in [2.05, 4.69) is 31.2 Å². The van der Waals surface area contributed by atoms with Crippen LogP contribution >= 0.6 is 11.3 Å². The van der Waals surface area contributed by atoms with Crippen molar-refractivity contribution < 1.29 is 33.4 Å². The lowest BCUT2D eigenvalue weighted by molar-refractivity contribution is -0.137. The number of ether oxygens (including phenoxy) is 3. The number of nitrogens with zero attached hydrogens (tertiary/aromatic N) is 3. The van der Waals surface area contributed by atoms with E-state index in [4.69, 9.17) is 19.9 Å².